The average Bonchev–Trinajstić information content (AvgIpc) is 3.04. The van der Waals surface area contributed by atoms with E-state index in [-0.39, 0.29) is 17.2 Å². The van der Waals surface area contributed by atoms with Gasteiger partial charge in [0.05, 0.1) is 5.92 Å². The van der Waals surface area contributed by atoms with Gasteiger partial charge in [0.15, 0.2) is 0 Å². The van der Waals surface area contributed by atoms with Crippen LogP contribution in [-0.4, -0.2) is 17.4 Å². The summed E-state index contributed by atoms with van der Waals surface area (Å²) in [4.78, 5) is 16.8. The summed E-state index contributed by atoms with van der Waals surface area (Å²) in [6, 6.07) is 6.04. The molecular weight excluding hydrogens is 284 g/mol. The summed E-state index contributed by atoms with van der Waals surface area (Å²) in [5.74, 6) is 1.16. The second-order valence-electron chi connectivity index (χ2n) is 7.66. The summed E-state index contributed by atoms with van der Waals surface area (Å²) in [6.45, 7) is 11.5. The molecule has 0 spiro atoms. The Morgan fingerprint density at radius 3 is 2.74 bits per heavy atom. The molecule has 126 valence electrons. The first-order valence-corrected chi connectivity index (χ1v) is 8.67. The zero-order valence-corrected chi connectivity index (χ0v) is 15.1. The van der Waals surface area contributed by atoms with Gasteiger partial charge < -0.3 is 5.32 Å². The normalized spacial score (nSPS) is 23.0. The summed E-state index contributed by atoms with van der Waals surface area (Å²) in [5.41, 5.74) is 2.52. The highest BCUT2D eigenvalue weighted by Crippen LogP contribution is 2.59. The van der Waals surface area contributed by atoms with E-state index in [9.17, 15) is 4.79 Å². The molecule has 1 saturated carbocycles. The molecule has 0 bridgehead atoms. The number of amides is 1. The van der Waals surface area contributed by atoms with Crippen LogP contribution < -0.4 is 5.32 Å². The van der Waals surface area contributed by atoms with Crippen LogP contribution in [0.15, 0.2) is 36.0 Å². The molecule has 2 rings (SSSR count). The zero-order chi connectivity index (χ0) is 17.0. The summed E-state index contributed by atoms with van der Waals surface area (Å²) in [5, 5.41) is 3.12. The fourth-order valence-corrected chi connectivity index (χ4v) is 3.39. The summed E-state index contributed by atoms with van der Waals surface area (Å²) >= 11 is 0. The van der Waals surface area contributed by atoms with Gasteiger partial charge in [-0.2, -0.15) is 0 Å². The molecule has 23 heavy (non-hydrogen) atoms. The molecule has 3 unspecified atom stereocenters. The second kappa shape index (κ2) is 7.29. The van der Waals surface area contributed by atoms with Crippen LogP contribution in [0.4, 0.5) is 0 Å². The fourth-order valence-electron chi connectivity index (χ4n) is 3.39. The Balaban J connectivity index is 1.73. The van der Waals surface area contributed by atoms with Gasteiger partial charge in [0.25, 0.3) is 0 Å². The van der Waals surface area contributed by atoms with Crippen molar-refractivity contribution < 1.29 is 4.79 Å². The molecule has 3 atom stereocenters. The maximum atomic E-state index is 12.4. The topological polar surface area (TPSA) is 42.0 Å². The molecule has 1 N–H and O–H groups in total. The third-order valence-corrected chi connectivity index (χ3v) is 5.01. The van der Waals surface area contributed by atoms with E-state index in [0.29, 0.717) is 11.8 Å². The molecule has 1 heterocycles. The lowest BCUT2D eigenvalue weighted by molar-refractivity contribution is -0.123. The third kappa shape index (κ3) is 4.43. The number of allylic oxidation sites excluding steroid dienone is 2. The Hall–Kier alpha value is -1.64. The van der Waals surface area contributed by atoms with Crippen molar-refractivity contribution in [3.05, 3.63) is 41.7 Å². The van der Waals surface area contributed by atoms with Gasteiger partial charge in [-0.15, -0.1) is 0 Å². The van der Waals surface area contributed by atoms with Crippen molar-refractivity contribution in [3.63, 3.8) is 0 Å². The predicted octanol–water partition coefficient (Wildman–Crippen LogP) is 4.32. The first-order chi connectivity index (χ1) is 10.8. The Bertz CT molecular complexity index is 558. The number of carbonyl (C=O) groups is 1. The van der Waals surface area contributed by atoms with E-state index in [1.807, 2.05) is 18.3 Å². The van der Waals surface area contributed by atoms with E-state index < -0.39 is 0 Å². The first-order valence-electron chi connectivity index (χ1n) is 8.67. The first kappa shape index (κ1) is 17.7. The van der Waals surface area contributed by atoms with Crippen LogP contribution in [0.5, 0.6) is 0 Å². The molecule has 1 aromatic heterocycles. The van der Waals surface area contributed by atoms with E-state index in [4.69, 9.17) is 0 Å². The number of pyridine rings is 1. The Morgan fingerprint density at radius 1 is 1.39 bits per heavy atom. The lowest BCUT2D eigenvalue weighted by Gasteiger charge is -2.11. The standard InChI is InChI=1S/C20H30N2O/c1-14(2)13-16-18(20(16,4)5)19(23)22-12-8-9-15(3)17-10-6-7-11-21-17/h6-7,10-11,13,15-16,18H,8-9,12H2,1-5H3,(H,22,23). The van der Waals surface area contributed by atoms with Crippen LogP contribution >= 0.6 is 0 Å². The van der Waals surface area contributed by atoms with Crippen LogP contribution in [-0.2, 0) is 4.79 Å². The quantitative estimate of drug-likeness (QED) is 0.601. The van der Waals surface area contributed by atoms with Gasteiger partial charge in [-0.1, -0.05) is 38.5 Å². The molecule has 3 heteroatoms. The minimum Gasteiger partial charge on any atom is -0.356 e. The number of hydrogen-bond donors (Lipinski definition) is 1. The van der Waals surface area contributed by atoms with Crippen LogP contribution in [0.1, 0.15) is 59.1 Å². The average molecular weight is 314 g/mol. The van der Waals surface area contributed by atoms with E-state index >= 15 is 0 Å². The van der Waals surface area contributed by atoms with Crippen LogP contribution in [0.3, 0.4) is 0 Å². The summed E-state index contributed by atoms with van der Waals surface area (Å²) in [6.07, 6.45) is 6.12. The van der Waals surface area contributed by atoms with E-state index in [2.05, 4.69) is 57.1 Å². The van der Waals surface area contributed by atoms with Gasteiger partial charge in [0.2, 0.25) is 5.91 Å². The zero-order valence-electron chi connectivity index (χ0n) is 15.1. The van der Waals surface area contributed by atoms with Crippen molar-refractivity contribution in [3.8, 4) is 0 Å². The van der Waals surface area contributed by atoms with E-state index in [1.54, 1.807) is 0 Å². The van der Waals surface area contributed by atoms with Crippen LogP contribution in [0.25, 0.3) is 0 Å². The highest BCUT2D eigenvalue weighted by atomic mass is 16.2. The molecule has 0 saturated heterocycles. The van der Waals surface area contributed by atoms with Crippen molar-refractivity contribution in [2.45, 2.75) is 53.4 Å². The monoisotopic (exact) mass is 314 g/mol. The molecule has 3 nitrogen and oxygen atoms in total. The number of rotatable bonds is 7. The smallest absolute Gasteiger partial charge is 0.224 e. The maximum Gasteiger partial charge on any atom is 0.224 e. The predicted molar refractivity (Wildman–Crippen MR) is 95.1 cm³/mol. The molecular formula is C20H30N2O. The van der Waals surface area contributed by atoms with Crippen molar-refractivity contribution >= 4 is 5.91 Å². The lowest BCUT2D eigenvalue weighted by Crippen LogP contribution is -2.28. The molecule has 1 aliphatic carbocycles. The largest absolute Gasteiger partial charge is 0.356 e. The molecule has 0 aromatic carbocycles. The van der Waals surface area contributed by atoms with Gasteiger partial charge in [0.1, 0.15) is 0 Å². The molecule has 1 amide bonds. The van der Waals surface area contributed by atoms with E-state index in [0.717, 1.165) is 25.1 Å². The summed E-state index contributed by atoms with van der Waals surface area (Å²) in [7, 11) is 0. The maximum absolute atomic E-state index is 12.4. The Kier molecular flexibility index (Phi) is 5.61. The number of aromatic nitrogens is 1. The highest BCUT2D eigenvalue weighted by Gasteiger charge is 2.60. The minimum atomic E-state index is 0.0998. The molecule has 0 aliphatic heterocycles. The van der Waals surface area contributed by atoms with Gasteiger partial charge >= 0.3 is 0 Å². The highest BCUT2D eigenvalue weighted by molar-refractivity contribution is 5.83. The third-order valence-electron chi connectivity index (χ3n) is 5.01. The van der Waals surface area contributed by atoms with Crippen molar-refractivity contribution in [1.29, 1.82) is 0 Å². The van der Waals surface area contributed by atoms with Gasteiger partial charge in [-0.05, 0) is 56.1 Å². The number of hydrogen-bond acceptors (Lipinski definition) is 2. The van der Waals surface area contributed by atoms with Gasteiger partial charge in [0, 0.05) is 18.4 Å². The number of carbonyl (C=O) groups excluding carboxylic acids is 1. The Labute approximate surface area is 140 Å². The molecule has 0 radical (unpaired) electrons. The van der Waals surface area contributed by atoms with Crippen LogP contribution in [0.2, 0.25) is 0 Å². The summed E-state index contributed by atoms with van der Waals surface area (Å²) < 4.78 is 0. The number of nitrogens with one attached hydrogen (secondary N) is 1. The van der Waals surface area contributed by atoms with Gasteiger partial charge in [-0.25, -0.2) is 0 Å². The molecule has 1 aliphatic rings. The van der Waals surface area contributed by atoms with E-state index in [1.165, 1.54) is 5.57 Å². The minimum absolute atomic E-state index is 0.0998. The van der Waals surface area contributed by atoms with Crippen LogP contribution in [0, 0.1) is 17.3 Å². The van der Waals surface area contributed by atoms with Crippen molar-refractivity contribution in [1.82, 2.24) is 10.3 Å². The molecule has 1 fully saturated rings. The second-order valence-corrected chi connectivity index (χ2v) is 7.66. The number of nitrogens with zero attached hydrogens (tertiary/aromatic N) is 1. The molecule has 1 aromatic rings. The Morgan fingerprint density at radius 2 is 2.13 bits per heavy atom. The SMILES string of the molecule is CC(C)=CC1C(C(=O)NCCCC(C)c2ccccn2)C1(C)C. The van der Waals surface area contributed by atoms with Crippen molar-refractivity contribution in [2.75, 3.05) is 6.54 Å². The fraction of sp³-hybridized carbons (Fsp3) is 0.600. The van der Waals surface area contributed by atoms with Crippen molar-refractivity contribution in [2.24, 2.45) is 17.3 Å². The van der Waals surface area contributed by atoms with Gasteiger partial charge in [-0.3, -0.25) is 9.78 Å². The lowest BCUT2D eigenvalue weighted by atomic mass is 10.0.